The van der Waals surface area contributed by atoms with E-state index in [0.717, 1.165) is 27.9 Å². The van der Waals surface area contributed by atoms with E-state index in [-0.39, 0.29) is 11.9 Å². The van der Waals surface area contributed by atoms with Crippen LogP contribution in [0.3, 0.4) is 0 Å². The van der Waals surface area contributed by atoms with E-state index in [1.165, 1.54) is 17.5 Å². The number of benzene rings is 2. The number of rotatable bonds is 5. The van der Waals surface area contributed by atoms with Crippen molar-refractivity contribution in [3.05, 3.63) is 83.5 Å². The molecule has 0 aliphatic carbocycles. The Morgan fingerprint density at radius 2 is 1.94 bits per heavy atom. The predicted molar refractivity (Wildman–Crippen MR) is 134 cm³/mol. The lowest BCUT2D eigenvalue weighted by Crippen LogP contribution is -2.14. The fraction of sp³-hybridized carbons (Fsp3) is 0.0800. The number of nitrogens with zero attached hydrogens (tertiary/aromatic N) is 6. The maximum absolute atomic E-state index is 13.0. The van der Waals surface area contributed by atoms with Crippen LogP contribution in [-0.4, -0.2) is 42.4 Å². The molecular formula is C25H19N7O2S. The molecule has 35 heavy (non-hydrogen) atoms. The number of hydrogen-bond acceptors (Lipinski definition) is 7. The van der Waals surface area contributed by atoms with Gasteiger partial charge in [0.2, 0.25) is 4.96 Å². The van der Waals surface area contributed by atoms with Gasteiger partial charge in [0.25, 0.3) is 11.9 Å². The van der Waals surface area contributed by atoms with Gasteiger partial charge in [-0.15, -0.1) is 16.4 Å². The van der Waals surface area contributed by atoms with Gasteiger partial charge in [-0.2, -0.15) is 10.1 Å². The number of carbonyl (C=O) groups is 1. The lowest BCUT2D eigenvalue weighted by atomic mass is 10.2. The summed E-state index contributed by atoms with van der Waals surface area (Å²) in [6, 6.07) is 19.4. The molecule has 10 heteroatoms. The van der Waals surface area contributed by atoms with E-state index in [2.05, 4.69) is 25.5 Å². The van der Waals surface area contributed by atoms with Crippen LogP contribution in [0, 0.1) is 6.92 Å². The van der Waals surface area contributed by atoms with Gasteiger partial charge in [0, 0.05) is 16.3 Å². The molecule has 1 N–H and O–H groups in total. The van der Waals surface area contributed by atoms with E-state index < -0.39 is 0 Å². The number of aromatic nitrogens is 6. The maximum Gasteiger partial charge on any atom is 0.261 e. The summed E-state index contributed by atoms with van der Waals surface area (Å²) < 4.78 is 8.69. The van der Waals surface area contributed by atoms with Crippen molar-refractivity contribution < 1.29 is 9.53 Å². The number of anilines is 1. The number of ether oxygens (including phenoxy) is 1. The molecule has 0 atom stereocenters. The van der Waals surface area contributed by atoms with E-state index in [9.17, 15) is 4.79 Å². The highest BCUT2D eigenvalue weighted by Crippen LogP contribution is 2.28. The second kappa shape index (κ2) is 8.33. The SMILES string of the molecule is COc1cccc(-c2csc3nc(NC(=O)c4cnn(-c5ccc6ccccc6n5)c4C)nn23)c1. The Hall–Kier alpha value is -4.57. The van der Waals surface area contributed by atoms with Crippen LogP contribution in [0.25, 0.3) is 32.9 Å². The third-order valence-electron chi connectivity index (χ3n) is 5.73. The summed E-state index contributed by atoms with van der Waals surface area (Å²) in [5.41, 5.74) is 3.76. The topological polar surface area (TPSA) is 99.2 Å². The molecular weight excluding hydrogens is 462 g/mol. The van der Waals surface area contributed by atoms with Crippen LogP contribution in [0.2, 0.25) is 0 Å². The normalized spacial score (nSPS) is 11.3. The third-order valence-corrected chi connectivity index (χ3v) is 6.54. The maximum atomic E-state index is 13.0. The van der Waals surface area contributed by atoms with E-state index in [4.69, 9.17) is 4.74 Å². The van der Waals surface area contributed by atoms with Crippen LogP contribution < -0.4 is 10.1 Å². The van der Waals surface area contributed by atoms with Crippen molar-refractivity contribution in [2.45, 2.75) is 6.92 Å². The summed E-state index contributed by atoms with van der Waals surface area (Å²) >= 11 is 1.44. The lowest BCUT2D eigenvalue weighted by Gasteiger charge is -2.06. The fourth-order valence-corrected chi connectivity index (χ4v) is 4.75. The van der Waals surface area contributed by atoms with Gasteiger partial charge in [0.15, 0.2) is 5.82 Å². The second-order valence-corrected chi connectivity index (χ2v) is 8.69. The van der Waals surface area contributed by atoms with Gasteiger partial charge in [0.05, 0.1) is 35.8 Å². The molecule has 0 aliphatic heterocycles. The van der Waals surface area contributed by atoms with Crippen LogP contribution in [-0.2, 0) is 0 Å². The Bertz CT molecular complexity index is 1720. The summed E-state index contributed by atoms with van der Waals surface area (Å²) in [5, 5.41) is 14.7. The smallest absolute Gasteiger partial charge is 0.261 e. The summed E-state index contributed by atoms with van der Waals surface area (Å²) in [6.07, 6.45) is 1.53. The molecule has 2 aromatic carbocycles. The average molecular weight is 482 g/mol. The zero-order valence-corrected chi connectivity index (χ0v) is 19.7. The van der Waals surface area contributed by atoms with E-state index in [1.807, 2.05) is 73.0 Å². The minimum absolute atomic E-state index is 0.224. The van der Waals surface area contributed by atoms with Crippen molar-refractivity contribution in [3.8, 4) is 22.8 Å². The third kappa shape index (κ3) is 3.69. The zero-order chi connectivity index (χ0) is 23.9. The average Bonchev–Trinajstić information content (AvgIpc) is 3.57. The number of amides is 1. The minimum Gasteiger partial charge on any atom is -0.497 e. The molecule has 172 valence electrons. The van der Waals surface area contributed by atoms with Gasteiger partial charge < -0.3 is 4.74 Å². The molecule has 0 bridgehead atoms. The van der Waals surface area contributed by atoms with Gasteiger partial charge in [-0.25, -0.2) is 14.2 Å². The summed E-state index contributed by atoms with van der Waals surface area (Å²) in [6.45, 7) is 1.83. The first-order chi connectivity index (χ1) is 17.1. The molecule has 0 fully saturated rings. The summed E-state index contributed by atoms with van der Waals surface area (Å²) in [4.78, 5) is 22.8. The molecule has 6 aromatic rings. The van der Waals surface area contributed by atoms with Gasteiger partial charge in [-0.3, -0.25) is 10.1 Å². The largest absolute Gasteiger partial charge is 0.497 e. The number of nitrogens with one attached hydrogen (secondary N) is 1. The van der Waals surface area contributed by atoms with Crippen LogP contribution >= 0.6 is 11.3 Å². The number of para-hydroxylation sites is 1. The van der Waals surface area contributed by atoms with Crippen molar-refractivity contribution >= 4 is 39.1 Å². The molecule has 4 aromatic heterocycles. The van der Waals surface area contributed by atoms with Gasteiger partial charge in [-0.05, 0) is 37.3 Å². The zero-order valence-electron chi connectivity index (χ0n) is 18.8. The first-order valence-corrected chi connectivity index (χ1v) is 11.7. The number of pyridine rings is 1. The Morgan fingerprint density at radius 1 is 1.06 bits per heavy atom. The van der Waals surface area contributed by atoms with Crippen molar-refractivity contribution in [2.75, 3.05) is 12.4 Å². The minimum atomic E-state index is -0.337. The Balaban J connectivity index is 1.27. The van der Waals surface area contributed by atoms with E-state index in [0.29, 0.717) is 22.0 Å². The quantitative estimate of drug-likeness (QED) is 0.381. The first-order valence-electron chi connectivity index (χ1n) is 10.8. The Morgan fingerprint density at radius 3 is 2.83 bits per heavy atom. The number of hydrogen-bond donors (Lipinski definition) is 1. The molecule has 0 saturated heterocycles. The highest BCUT2D eigenvalue weighted by atomic mass is 32.1. The predicted octanol–water partition coefficient (Wildman–Crippen LogP) is 4.76. The highest BCUT2D eigenvalue weighted by molar-refractivity contribution is 7.15. The van der Waals surface area contributed by atoms with Crippen LogP contribution in [0.4, 0.5) is 5.95 Å². The molecule has 6 rings (SSSR count). The lowest BCUT2D eigenvalue weighted by molar-refractivity contribution is 0.102. The van der Waals surface area contributed by atoms with Crippen LogP contribution in [0.15, 0.2) is 72.2 Å². The molecule has 0 radical (unpaired) electrons. The molecule has 1 amide bonds. The number of carbonyl (C=O) groups excluding carboxylic acids is 1. The van der Waals surface area contributed by atoms with E-state index in [1.54, 1.807) is 16.3 Å². The molecule has 9 nitrogen and oxygen atoms in total. The van der Waals surface area contributed by atoms with Crippen molar-refractivity contribution in [1.82, 2.24) is 29.4 Å². The second-order valence-electron chi connectivity index (χ2n) is 7.85. The number of methoxy groups -OCH3 is 1. The van der Waals surface area contributed by atoms with Crippen LogP contribution in [0.5, 0.6) is 5.75 Å². The fourth-order valence-electron chi connectivity index (χ4n) is 3.92. The molecule has 0 spiro atoms. The van der Waals surface area contributed by atoms with Gasteiger partial charge in [-0.1, -0.05) is 30.3 Å². The number of fused-ring (bicyclic) bond motifs is 2. The van der Waals surface area contributed by atoms with Crippen molar-refractivity contribution in [1.29, 1.82) is 0 Å². The van der Waals surface area contributed by atoms with Crippen LogP contribution in [0.1, 0.15) is 16.1 Å². The monoisotopic (exact) mass is 481 g/mol. The highest BCUT2D eigenvalue weighted by Gasteiger charge is 2.19. The standard InChI is InChI=1S/C25H19N7O2S/c1-15-19(13-26-31(15)22-11-10-16-6-3-4-9-20(16)27-22)23(33)28-24-29-25-32(30-24)21(14-35-25)17-7-5-8-18(12-17)34-2/h3-14H,1-2H3,(H,28,30,33). The van der Waals surface area contributed by atoms with E-state index >= 15 is 0 Å². The molecule has 0 saturated carbocycles. The van der Waals surface area contributed by atoms with Crippen molar-refractivity contribution in [2.24, 2.45) is 0 Å². The van der Waals surface area contributed by atoms with Crippen molar-refractivity contribution in [3.63, 3.8) is 0 Å². The summed E-state index contributed by atoms with van der Waals surface area (Å²) in [5.74, 6) is 1.28. The molecule has 0 aliphatic rings. The Labute approximate surface area is 203 Å². The first kappa shape index (κ1) is 21.0. The van der Waals surface area contributed by atoms with Gasteiger partial charge >= 0.3 is 0 Å². The molecule has 0 unspecified atom stereocenters. The van der Waals surface area contributed by atoms with Gasteiger partial charge in [0.1, 0.15) is 5.75 Å². The summed E-state index contributed by atoms with van der Waals surface area (Å²) in [7, 11) is 1.63. The molecule has 4 heterocycles. The number of thiazole rings is 1. The Kier molecular flexibility index (Phi) is 5.00.